The van der Waals surface area contributed by atoms with E-state index in [9.17, 15) is 9.59 Å². The van der Waals surface area contributed by atoms with E-state index in [-0.39, 0.29) is 11.8 Å². The number of aryl methyl sites for hydroxylation is 1. The van der Waals surface area contributed by atoms with Crippen molar-refractivity contribution in [2.75, 3.05) is 16.4 Å². The molecule has 0 atom stereocenters. The van der Waals surface area contributed by atoms with Gasteiger partial charge in [0, 0.05) is 17.0 Å². The van der Waals surface area contributed by atoms with E-state index in [1.807, 2.05) is 34.9 Å². The van der Waals surface area contributed by atoms with E-state index in [1.165, 1.54) is 11.8 Å². The molecule has 26 heavy (non-hydrogen) atoms. The van der Waals surface area contributed by atoms with Gasteiger partial charge in [0.05, 0.1) is 22.5 Å². The average Bonchev–Trinajstić information content (AvgIpc) is 2.99. The van der Waals surface area contributed by atoms with Crippen LogP contribution in [0.3, 0.4) is 0 Å². The second kappa shape index (κ2) is 6.84. The molecule has 1 aromatic heterocycles. The van der Waals surface area contributed by atoms with Crippen molar-refractivity contribution in [2.24, 2.45) is 0 Å². The molecular weight excluding hydrogens is 348 g/mol. The van der Waals surface area contributed by atoms with Crippen molar-refractivity contribution in [3.8, 4) is 0 Å². The van der Waals surface area contributed by atoms with E-state index in [4.69, 9.17) is 0 Å². The minimum atomic E-state index is -0.245. The molecule has 2 aromatic carbocycles. The zero-order valence-corrected chi connectivity index (χ0v) is 15.1. The van der Waals surface area contributed by atoms with Gasteiger partial charge in [-0.25, -0.2) is 4.98 Å². The highest BCUT2D eigenvalue weighted by atomic mass is 32.2. The van der Waals surface area contributed by atoms with Gasteiger partial charge in [0.1, 0.15) is 0 Å². The van der Waals surface area contributed by atoms with Gasteiger partial charge < -0.3 is 9.88 Å². The smallest absolute Gasteiger partial charge is 0.258 e. The monoisotopic (exact) mass is 366 g/mol. The standard InChI is InChI=1S/C19H18N4O2S/c1-2-9-23-15-6-4-3-5-13(15)21-19(23)22-18(25)12-7-8-16-14(10-12)20-17(24)11-26-16/h3-8,10H,2,9,11H2,1H3,(H,20,24)(H,21,22,25). The summed E-state index contributed by atoms with van der Waals surface area (Å²) in [6, 6.07) is 13.2. The first kappa shape index (κ1) is 16.7. The number of carbonyl (C=O) groups excluding carboxylic acids is 2. The number of benzene rings is 2. The molecule has 132 valence electrons. The van der Waals surface area contributed by atoms with Crippen LogP contribution in [0.15, 0.2) is 47.4 Å². The number of nitrogens with zero attached hydrogens (tertiary/aromatic N) is 2. The summed E-state index contributed by atoms with van der Waals surface area (Å²) in [6.07, 6.45) is 0.936. The fourth-order valence-electron chi connectivity index (χ4n) is 3.02. The lowest BCUT2D eigenvalue weighted by molar-refractivity contribution is -0.113. The predicted molar refractivity (Wildman–Crippen MR) is 104 cm³/mol. The van der Waals surface area contributed by atoms with E-state index in [0.29, 0.717) is 23.0 Å². The zero-order chi connectivity index (χ0) is 18.1. The predicted octanol–water partition coefficient (Wildman–Crippen LogP) is 3.74. The van der Waals surface area contributed by atoms with E-state index in [2.05, 4.69) is 22.5 Å². The number of carbonyl (C=O) groups is 2. The maximum atomic E-state index is 12.7. The number of hydrogen-bond acceptors (Lipinski definition) is 4. The van der Waals surface area contributed by atoms with Gasteiger partial charge in [-0.3, -0.25) is 14.9 Å². The van der Waals surface area contributed by atoms with Gasteiger partial charge in [0.15, 0.2) is 0 Å². The molecule has 1 aliphatic heterocycles. The molecule has 0 bridgehead atoms. The quantitative estimate of drug-likeness (QED) is 0.737. The summed E-state index contributed by atoms with van der Waals surface area (Å²) in [5, 5.41) is 5.72. The molecule has 0 unspecified atom stereocenters. The highest BCUT2D eigenvalue weighted by Gasteiger charge is 2.19. The number of para-hydroxylation sites is 2. The lowest BCUT2D eigenvalue weighted by Gasteiger charge is -2.17. The molecule has 2 heterocycles. The highest BCUT2D eigenvalue weighted by Crippen LogP contribution is 2.32. The number of imidazole rings is 1. The van der Waals surface area contributed by atoms with E-state index in [1.54, 1.807) is 12.1 Å². The summed E-state index contributed by atoms with van der Waals surface area (Å²) in [5.41, 5.74) is 3.02. The van der Waals surface area contributed by atoms with Gasteiger partial charge in [-0.2, -0.15) is 0 Å². The molecule has 0 radical (unpaired) electrons. The summed E-state index contributed by atoms with van der Waals surface area (Å²) in [7, 11) is 0. The molecule has 3 aromatic rings. The third kappa shape index (κ3) is 3.06. The number of thioether (sulfide) groups is 1. The van der Waals surface area contributed by atoms with Crippen LogP contribution in [0, 0.1) is 0 Å². The fraction of sp³-hybridized carbons (Fsp3) is 0.211. The Balaban J connectivity index is 1.64. The summed E-state index contributed by atoms with van der Waals surface area (Å²) < 4.78 is 2.02. The van der Waals surface area contributed by atoms with Gasteiger partial charge >= 0.3 is 0 Å². The molecule has 0 saturated heterocycles. The molecule has 7 heteroatoms. The Kier molecular flexibility index (Phi) is 4.38. The minimum Gasteiger partial charge on any atom is -0.324 e. The van der Waals surface area contributed by atoms with Crippen molar-refractivity contribution in [2.45, 2.75) is 24.8 Å². The SMILES string of the molecule is CCCn1c(NC(=O)c2ccc3c(c2)NC(=O)CS3)nc2ccccc21. The number of amides is 2. The Labute approximate surface area is 155 Å². The summed E-state index contributed by atoms with van der Waals surface area (Å²) in [6.45, 7) is 2.86. The first-order valence-electron chi connectivity index (χ1n) is 8.49. The molecule has 0 saturated carbocycles. The van der Waals surface area contributed by atoms with Crippen LogP contribution in [0.1, 0.15) is 23.7 Å². The van der Waals surface area contributed by atoms with Gasteiger partial charge in [-0.15, -0.1) is 11.8 Å². The number of rotatable bonds is 4. The topological polar surface area (TPSA) is 76.0 Å². The third-order valence-corrected chi connectivity index (χ3v) is 5.28. The van der Waals surface area contributed by atoms with Crippen LogP contribution in [-0.4, -0.2) is 27.1 Å². The summed E-state index contributed by atoms with van der Waals surface area (Å²) in [4.78, 5) is 29.8. The van der Waals surface area contributed by atoms with Crippen molar-refractivity contribution in [1.29, 1.82) is 0 Å². The first-order valence-corrected chi connectivity index (χ1v) is 9.47. The fourth-order valence-corrected chi connectivity index (χ4v) is 3.81. The Morgan fingerprint density at radius 2 is 2.15 bits per heavy atom. The molecule has 0 aliphatic carbocycles. The molecule has 0 spiro atoms. The minimum absolute atomic E-state index is 0.0511. The van der Waals surface area contributed by atoms with Crippen LogP contribution >= 0.6 is 11.8 Å². The second-order valence-electron chi connectivity index (χ2n) is 6.08. The Bertz CT molecular complexity index is 1010. The molecule has 4 rings (SSSR count). The van der Waals surface area contributed by atoms with E-state index in [0.717, 1.165) is 28.9 Å². The van der Waals surface area contributed by atoms with Crippen LogP contribution in [0.4, 0.5) is 11.6 Å². The van der Waals surface area contributed by atoms with Crippen LogP contribution in [-0.2, 0) is 11.3 Å². The van der Waals surface area contributed by atoms with Gasteiger partial charge in [-0.05, 0) is 36.8 Å². The van der Waals surface area contributed by atoms with Crippen LogP contribution in [0.2, 0.25) is 0 Å². The summed E-state index contributed by atoms with van der Waals surface area (Å²) >= 11 is 1.47. The number of nitrogens with one attached hydrogen (secondary N) is 2. The van der Waals surface area contributed by atoms with E-state index < -0.39 is 0 Å². The summed E-state index contributed by atoms with van der Waals surface area (Å²) in [5.74, 6) is 0.642. The highest BCUT2D eigenvalue weighted by molar-refractivity contribution is 8.00. The van der Waals surface area contributed by atoms with Crippen LogP contribution in [0.25, 0.3) is 11.0 Å². The van der Waals surface area contributed by atoms with Crippen molar-refractivity contribution >= 4 is 46.2 Å². The van der Waals surface area contributed by atoms with Gasteiger partial charge in [0.25, 0.3) is 5.91 Å². The van der Waals surface area contributed by atoms with Crippen LogP contribution < -0.4 is 10.6 Å². The van der Waals surface area contributed by atoms with Gasteiger partial charge in [0.2, 0.25) is 11.9 Å². The number of hydrogen-bond donors (Lipinski definition) is 2. The number of fused-ring (bicyclic) bond motifs is 2. The maximum absolute atomic E-state index is 12.7. The third-order valence-electron chi connectivity index (χ3n) is 4.20. The lowest BCUT2D eigenvalue weighted by Crippen LogP contribution is -2.20. The van der Waals surface area contributed by atoms with E-state index >= 15 is 0 Å². The second-order valence-corrected chi connectivity index (χ2v) is 7.09. The van der Waals surface area contributed by atoms with Crippen molar-refractivity contribution < 1.29 is 9.59 Å². The molecule has 1 aliphatic rings. The Hall–Kier alpha value is -2.80. The normalized spacial score (nSPS) is 13.3. The first-order chi connectivity index (χ1) is 12.7. The zero-order valence-electron chi connectivity index (χ0n) is 14.3. The van der Waals surface area contributed by atoms with Gasteiger partial charge in [-0.1, -0.05) is 19.1 Å². The van der Waals surface area contributed by atoms with Crippen LogP contribution in [0.5, 0.6) is 0 Å². The lowest BCUT2D eigenvalue weighted by atomic mass is 10.2. The molecule has 2 amide bonds. The molecule has 0 fully saturated rings. The largest absolute Gasteiger partial charge is 0.324 e. The van der Waals surface area contributed by atoms with Crippen molar-refractivity contribution in [3.63, 3.8) is 0 Å². The maximum Gasteiger partial charge on any atom is 0.258 e. The molecule has 6 nitrogen and oxygen atoms in total. The Morgan fingerprint density at radius 1 is 1.31 bits per heavy atom. The Morgan fingerprint density at radius 3 is 3.00 bits per heavy atom. The number of aromatic nitrogens is 2. The molecular formula is C19H18N4O2S. The van der Waals surface area contributed by atoms with Crippen molar-refractivity contribution in [1.82, 2.24) is 9.55 Å². The average molecular weight is 366 g/mol. The van der Waals surface area contributed by atoms with Crippen molar-refractivity contribution in [3.05, 3.63) is 48.0 Å². The number of anilines is 2. The molecule has 2 N–H and O–H groups in total.